The predicted octanol–water partition coefficient (Wildman–Crippen LogP) is 1.61. The van der Waals surface area contributed by atoms with Gasteiger partial charge in [-0.15, -0.1) is 0 Å². The van der Waals surface area contributed by atoms with Crippen LogP contribution in [0.25, 0.3) is 0 Å². The lowest BCUT2D eigenvalue weighted by Gasteiger charge is -2.37. The molecule has 0 saturated carbocycles. The molecule has 1 aliphatic heterocycles. The van der Waals surface area contributed by atoms with Crippen LogP contribution in [0.4, 0.5) is 0 Å². The van der Waals surface area contributed by atoms with Crippen molar-refractivity contribution in [2.24, 2.45) is 12.8 Å². The Hall–Kier alpha value is -0.620. The van der Waals surface area contributed by atoms with E-state index in [1.807, 2.05) is 11.7 Å². The first-order valence-electron chi connectivity index (χ1n) is 7.75. The minimum absolute atomic E-state index is 0.0530. The zero-order valence-corrected chi connectivity index (χ0v) is 14.2. The van der Waals surface area contributed by atoms with Gasteiger partial charge in [-0.25, -0.2) is 0 Å². The van der Waals surface area contributed by atoms with Gasteiger partial charge in [0, 0.05) is 38.6 Å². The SMILES string of the molecule is CCc1nn(C)c(CC(N)C2CN(C(C)C)CCO2)c1Cl. The molecule has 0 spiro atoms. The van der Waals surface area contributed by atoms with Gasteiger partial charge in [0.05, 0.1) is 29.1 Å². The maximum absolute atomic E-state index is 6.40. The van der Waals surface area contributed by atoms with Crippen molar-refractivity contribution < 1.29 is 4.74 Å². The molecule has 0 bridgehead atoms. The second-order valence-corrected chi connectivity index (χ2v) is 6.43. The summed E-state index contributed by atoms with van der Waals surface area (Å²) in [4.78, 5) is 2.41. The van der Waals surface area contributed by atoms with Crippen molar-refractivity contribution in [3.05, 3.63) is 16.4 Å². The van der Waals surface area contributed by atoms with E-state index in [9.17, 15) is 0 Å². The standard InChI is InChI=1S/C15H27ClN4O/c1-5-12-15(16)13(19(4)18-12)8-11(17)14-9-20(10(2)3)6-7-21-14/h10-11,14H,5-9,17H2,1-4H3. The molecule has 6 heteroatoms. The van der Waals surface area contributed by atoms with Crippen LogP contribution in [-0.4, -0.2) is 52.6 Å². The van der Waals surface area contributed by atoms with E-state index in [1.165, 1.54) is 0 Å². The molecular weight excluding hydrogens is 288 g/mol. The molecule has 120 valence electrons. The second kappa shape index (κ2) is 7.09. The van der Waals surface area contributed by atoms with Crippen LogP contribution in [0.1, 0.15) is 32.2 Å². The number of nitrogens with two attached hydrogens (primary N) is 1. The summed E-state index contributed by atoms with van der Waals surface area (Å²) in [5, 5.41) is 5.20. The zero-order chi connectivity index (χ0) is 15.6. The van der Waals surface area contributed by atoms with Gasteiger partial charge >= 0.3 is 0 Å². The third kappa shape index (κ3) is 3.77. The number of morpholine rings is 1. The summed E-state index contributed by atoms with van der Waals surface area (Å²) in [5.41, 5.74) is 8.33. The van der Waals surface area contributed by atoms with Crippen LogP contribution in [0.5, 0.6) is 0 Å². The Kier molecular flexibility index (Phi) is 5.66. The van der Waals surface area contributed by atoms with E-state index in [0.717, 1.165) is 42.5 Å². The molecule has 0 aromatic carbocycles. The molecule has 2 rings (SSSR count). The molecule has 0 aliphatic carbocycles. The lowest BCUT2D eigenvalue weighted by molar-refractivity contribution is -0.0497. The van der Waals surface area contributed by atoms with E-state index in [2.05, 4.69) is 30.8 Å². The molecule has 1 aromatic heterocycles. The van der Waals surface area contributed by atoms with Crippen LogP contribution in [-0.2, 0) is 24.6 Å². The second-order valence-electron chi connectivity index (χ2n) is 6.05. The monoisotopic (exact) mass is 314 g/mol. The molecule has 1 aromatic rings. The van der Waals surface area contributed by atoms with Crippen molar-refractivity contribution in [1.29, 1.82) is 0 Å². The quantitative estimate of drug-likeness (QED) is 0.897. The van der Waals surface area contributed by atoms with E-state index in [0.29, 0.717) is 12.5 Å². The van der Waals surface area contributed by atoms with Crippen molar-refractivity contribution in [3.8, 4) is 0 Å². The van der Waals surface area contributed by atoms with Gasteiger partial charge in [-0.3, -0.25) is 9.58 Å². The van der Waals surface area contributed by atoms with Gasteiger partial charge in [0.15, 0.2) is 0 Å². The first-order valence-corrected chi connectivity index (χ1v) is 8.13. The molecule has 0 radical (unpaired) electrons. The number of hydrogen-bond donors (Lipinski definition) is 1. The first kappa shape index (κ1) is 16.7. The molecule has 1 fully saturated rings. The summed E-state index contributed by atoms with van der Waals surface area (Å²) >= 11 is 6.40. The lowest BCUT2D eigenvalue weighted by Crippen LogP contribution is -2.53. The highest BCUT2D eigenvalue weighted by atomic mass is 35.5. The van der Waals surface area contributed by atoms with Gasteiger partial charge < -0.3 is 10.5 Å². The molecule has 0 amide bonds. The van der Waals surface area contributed by atoms with Gasteiger partial charge in [0.25, 0.3) is 0 Å². The average Bonchev–Trinajstić information content (AvgIpc) is 2.74. The largest absolute Gasteiger partial charge is 0.374 e. The highest BCUT2D eigenvalue weighted by Gasteiger charge is 2.28. The smallest absolute Gasteiger partial charge is 0.0857 e. The zero-order valence-electron chi connectivity index (χ0n) is 13.5. The van der Waals surface area contributed by atoms with Gasteiger partial charge in [0.1, 0.15) is 0 Å². The van der Waals surface area contributed by atoms with E-state index in [-0.39, 0.29) is 12.1 Å². The van der Waals surface area contributed by atoms with E-state index in [1.54, 1.807) is 0 Å². The number of aromatic nitrogens is 2. The molecule has 2 unspecified atom stereocenters. The number of halogens is 1. The summed E-state index contributed by atoms with van der Waals surface area (Å²) in [6, 6.07) is 0.458. The Morgan fingerprint density at radius 3 is 2.76 bits per heavy atom. The Labute approximate surface area is 132 Å². The molecule has 21 heavy (non-hydrogen) atoms. The molecule has 2 atom stereocenters. The highest BCUT2D eigenvalue weighted by molar-refractivity contribution is 6.31. The fraction of sp³-hybridized carbons (Fsp3) is 0.800. The van der Waals surface area contributed by atoms with Crippen molar-refractivity contribution in [1.82, 2.24) is 14.7 Å². The summed E-state index contributed by atoms with van der Waals surface area (Å²) in [7, 11) is 1.93. The molecule has 5 nitrogen and oxygen atoms in total. The van der Waals surface area contributed by atoms with Crippen molar-refractivity contribution in [2.75, 3.05) is 19.7 Å². The normalized spacial score (nSPS) is 22.0. The summed E-state index contributed by atoms with van der Waals surface area (Å²) in [6.45, 7) is 9.08. The number of aryl methyl sites for hydroxylation is 2. The fourth-order valence-electron chi connectivity index (χ4n) is 2.82. The Morgan fingerprint density at radius 1 is 1.48 bits per heavy atom. The third-order valence-corrected chi connectivity index (χ3v) is 4.70. The summed E-state index contributed by atoms with van der Waals surface area (Å²) in [5.74, 6) is 0. The van der Waals surface area contributed by atoms with Gasteiger partial charge in [0.2, 0.25) is 0 Å². The van der Waals surface area contributed by atoms with Gasteiger partial charge in [-0.05, 0) is 20.3 Å². The van der Waals surface area contributed by atoms with Crippen LogP contribution in [0.3, 0.4) is 0 Å². The highest BCUT2D eigenvalue weighted by Crippen LogP contribution is 2.23. The Balaban J connectivity index is 2.04. The maximum Gasteiger partial charge on any atom is 0.0857 e. The van der Waals surface area contributed by atoms with Gasteiger partial charge in [-0.2, -0.15) is 5.10 Å². The minimum Gasteiger partial charge on any atom is -0.374 e. The molecule has 2 heterocycles. The first-order chi connectivity index (χ1) is 9.93. The topological polar surface area (TPSA) is 56.3 Å². The van der Waals surface area contributed by atoms with E-state index in [4.69, 9.17) is 22.1 Å². The number of ether oxygens (including phenoxy) is 1. The molecule has 2 N–H and O–H groups in total. The van der Waals surface area contributed by atoms with Crippen molar-refractivity contribution in [3.63, 3.8) is 0 Å². The van der Waals surface area contributed by atoms with E-state index >= 15 is 0 Å². The van der Waals surface area contributed by atoms with Crippen molar-refractivity contribution >= 4 is 11.6 Å². The van der Waals surface area contributed by atoms with Crippen LogP contribution < -0.4 is 5.73 Å². The van der Waals surface area contributed by atoms with Crippen LogP contribution >= 0.6 is 11.6 Å². The van der Waals surface area contributed by atoms with Crippen molar-refractivity contribution in [2.45, 2.75) is 51.8 Å². The average molecular weight is 315 g/mol. The molecular formula is C15H27ClN4O. The summed E-state index contributed by atoms with van der Waals surface area (Å²) in [6.07, 6.45) is 1.58. The summed E-state index contributed by atoms with van der Waals surface area (Å²) < 4.78 is 7.72. The van der Waals surface area contributed by atoms with E-state index < -0.39 is 0 Å². The molecule has 1 saturated heterocycles. The number of nitrogens with zero attached hydrogens (tertiary/aromatic N) is 3. The maximum atomic E-state index is 6.40. The lowest BCUT2D eigenvalue weighted by atomic mass is 10.0. The Morgan fingerprint density at radius 2 is 2.19 bits per heavy atom. The minimum atomic E-state index is -0.0656. The molecule has 1 aliphatic rings. The number of hydrogen-bond acceptors (Lipinski definition) is 4. The van der Waals surface area contributed by atoms with Crippen LogP contribution in [0.15, 0.2) is 0 Å². The van der Waals surface area contributed by atoms with Crippen LogP contribution in [0, 0.1) is 0 Å². The third-order valence-electron chi connectivity index (χ3n) is 4.26. The fourth-order valence-corrected chi connectivity index (χ4v) is 3.19. The number of rotatable bonds is 5. The van der Waals surface area contributed by atoms with Gasteiger partial charge in [-0.1, -0.05) is 18.5 Å². The Bertz CT molecular complexity index is 474. The predicted molar refractivity (Wildman–Crippen MR) is 85.7 cm³/mol. The van der Waals surface area contributed by atoms with Crippen LogP contribution in [0.2, 0.25) is 5.02 Å².